The molecule has 6 heteroatoms. The molecule has 18 heavy (non-hydrogen) atoms. The molecule has 0 heterocycles. The van der Waals surface area contributed by atoms with Gasteiger partial charge in [0.25, 0.3) is 0 Å². The van der Waals surface area contributed by atoms with Crippen molar-refractivity contribution in [2.75, 3.05) is 6.61 Å². The summed E-state index contributed by atoms with van der Waals surface area (Å²) in [4.78, 5) is 20.2. The number of hydrogen-bond donors (Lipinski definition) is 1. The van der Waals surface area contributed by atoms with Gasteiger partial charge >= 0.3 is 12.0 Å². The topological polar surface area (TPSA) is 89.7 Å². The number of carboxylic acids is 1. The third kappa shape index (κ3) is 4.82. The largest absolute Gasteiger partial charge is 0.494 e. The summed E-state index contributed by atoms with van der Waals surface area (Å²) in [5.74, 6) is -0.648. The lowest BCUT2D eigenvalue weighted by Gasteiger charge is -2.06. The molecule has 0 bridgehead atoms. The Labute approximate surface area is 104 Å². The second-order valence-electron chi connectivity index (χ2n) is 3.80. The summed E-state index contributed by atoms with van der Waals surface area (Å²) < 4.78 is 5.39. The Hall–Kier alpha value is -2.11. The van der Waals surface area contributed by atoms with Crippen LogP contribution in [0.2, 0.25) is 0 Å². The molecule has 1 aromatic rings. The number of nitro groups is 1. The predicted molar refractivity (Wildman–Crippen MR) is 64.2 cm³/mol. The van der Waals surface area contributed by atoms with Crippen LogP contribution in [0.5, 0.6) is 5.75 Å². The Morgan fingerprint density at radius 3 is 2.56 bits per heavy atom. The van der Waals surface area contributed by atoms with Crippen molar-refractivity contribution in [3.05, 3.63) is 40.4 Å². The monoisotopic (exact) mass is 253 g/mol. The van der Waals surface area contributed by atoms with Gasteiger partial charge in [-0.2, -0.15) is 0 Å². The summed E-state index contributed by atoms with van der Waals surface area (Å²) in [7, 11) is 0. The van der Waals surface area contributed by atoms with Crippen LogP contribution in [0.4, 0.5) is 0 Å². The predicted octanol–water partition coefficient (Wildman–Crippen LogP) is 1.97. The fraction of sp³-hybridized carbons (Fsp3) is 0.417. The molecule has 0 saturated heterocycles. The minimum atomic E-state index is -1.51. The van der Waals surface area contributed by atoms with Crippen molar-refractivity contribution < 1.29 is 19.6 Å². The number of carbonyl (C=O) groups is 1. The molecule has 1 rings (SSSR count). The molecular formula is C12H15NO5. The van der Waals surface area contributed by atoms with Crippen molar-refractivity contribution in [2.45, 2.75) is 25.3 Å². The van der Waals surface area contributed by atoms with Gasteiger partial charge in [-0.3, -0.25) is 10.1 Å². The smallest absolute Gasteiger partial charge is 0.379 e. The summed E-state index contributed by atoms with van der Waals surface area (Å²) in [6.07, 6.45) is 1.07. The Morgan fingerprint density at radius 2 is 2.00 bits per heavy atom. The minimum Gasteiger partial charge on any atom is -0.494 e. The first-order chi connectivity index (χ1) is 8.61. The van der Waals surface area contributed by atoms with Crippen molar-refractivity contribution in [3.63, 3.8) is 0 Å². The van der Waals surface area contributed by atoms with Crippen LogP contribution in [0, 0.1) is 10.1 Å². The molecule has 0 aromatic heterocycles. The molecule has 0 aliphatic heterocycles. The van der Waals surface area contributed by atoms with Crippen LogP contribution in [0.1, 0.15) is 19.3 Å². The van der Waals surface area contributed by atoms with E-state index >= 15 is 0 Å². The first-order valence-electron chi connectivity index (χ1n) is 5.65. The van der Waals surface area contributed by atoms with Crippen molar-refractivity contribution in [3.8, 4) is 5.75 Å². The number of rotatable bonds is 8. The highest BCUT2D eigenvalue weighted by Gasteiger charge is 2.28. The maximum atomic E-state index is 10.6. The summed E-state index contributed by atoms with van der Waals surface area (Å²) >= 11 is 0. The van der Waals surface area contributed by atoms with Crippen LogP contribution in [0.25, 0.3) is 0 Å². The van der Waals surface area contributed by atoms with Gasteiger partial charge in [0, 0.05) is 11.3 Å². The average Bonchev–Trinajstić information content (AvgIpc) is 2.34. The fourth-order valence-electron chi connectivity index (χ4n) is 1.47. The lowest BCUT2D eigenvalue weighted by molar-refractivity contribution is -0.511. The van der Waals surface area contributed by atoms with E-state index in [1.807, 2.05) is 30.3 Å². The van der Waals surface area contributed by atoms with Crippen LogP contribution in [0.15, 0.2) is 30.3 Å². The zero-order valence-electron chi connectivity index (χ0n) is 9.82. The Kier molecular flexibility index (Phi) is 5.63. The number of para-hydroxylation sites is 1. The first kappa shape index (κ1) is 14.0. The third-order valence-corrected chi connectivity index (χ3v) is 2.42. The second kappa shape index (κ2) is 7.26. The molecular weight excluding hydrogens is 238 g/mol. The maximum absolute atomic E-state index is 10.6. The van der Waals surface area contributed by atoms with Gasteiger partial charge in [0.1, 0.15) is 5.75 Å². The van der Waals surface area contributed by atoms with E-state index in [4.69, 9.17) is 9.84 Å². The number of nitrogens with zero attached hydrogens (tertiary/aromatic N) is 1. The van der Waals surface area contributed by atoms with Crippen LogP contribution >= 0.6 is 0 Å². The van der Waals surface area contributed by atoms with E-state index in [1.165, 1.54) is 0 Å². The Balaban J connectivity index is 2.19. The molecule has 0 amide bonds. The van der Waals surface area contributed by atoms with Gasteiger partial charge in [0.15, 0.2) is 0 Å². The lowest BCUT2D eigenvalue weighted by atomic mass is 10.1. The van der Waals surface area contributed by atoms with Crippen LogP contribution in [-0.2, 0) is 4.79 Å². The number of aliphatic carboxylic acids is 1. The van der Waals surface area contributed by atoms with Crippen LogP contribution < -0.4 is 4.74 Å². The molecule has 0 aliphatic carbocycles. The molecule has 0 spiro atoms. The lowest BCUT2D eigenvalue weighted by Crippen LogP contribution is -2.29. The van der Waals surface area contributed by atoms with Gasteiger partial charge in [0.2, 0.25) is 0 Å². The average molecular weight is 253 g/mol. The van der Waals surface area contributed by atoms with Gasteiger partial charge in [-0.05, 0) is 25.0 Å². The van der Waals surface area contributed by atoms with E-state index in [9.17, 15) is 14.9 Å². The van der Waals surface area contributed by atoms with Gasteiger partial charge in [0.05, 0.1) is 6.61 Å². The fourth-order valence-corrected chi connectivity index (χ4v) is 1.47. The van der Waals surface area contributed by atoms with E-state index < -0.39 is 16.9 Å². The number of carboxylic acid groups (broad SMARTS) is 1. The number of unbranched alkanes of at least 4 members (excludes halogenated alkanes) is 1. The molecule has 1 unspecified atom stereocenters. The molecule has 0 radical (unpaired) electrons. The highest BCUT2D eigenvalue weighted by atomic mass is 16.6. The molecule has 1 atom stereocenters. The van der Waals surface area contributed by atoms with E-state index in [1.54, 1.807) is 0 Å². The summed E-state index contributed by atoms with van der Waals surface area (Å²) in [5.41, 5.74) is 0. The van der Waals surface area contributed by atoms with Gasteiger partial charge < -0.3 is 9.84 Å². The molecule has 0 aliphatic rings. The molecule has 1 aromatic carbocycles. The molecule has 0 saturated carbocycles. The van der Waals surface area contributed by atoms with Crippen molar-refractivity contribution in [1.29, 1.82) is 0 Å². The van der Waals surface area contributed by atoms with Crippen molar-refractivity contribution in [1.82, 2.24) is 0 Å². The molecule has 6 nitrogen and oxygen atoms in total. The minimum absolute atomic E-state index is 0.0283. The van der Waals surface area contributed by atoms with Gasteiger partial charge in [-0.15, -0.1) is 0 Å². The highest BCUT2D eigenvalue weighted by molar-refractivity contribution is 5.71. The normalized spacial score (nSPS) is 11.8. The molecule has 1 N–H and O–H groups in total. The third-order valence-electron chi connectivity index (χ3n) is 2.42. The molecule has 98 valence electrons. The maximum Gasteiger partial charge on any atom is 0.379 e. The zero-order chi connectivity index (χ0) is 13.4. The standard InChI is InChI=1S/C12H15NO5/c14-12(15)11(13(16)17)8-4-5-9-18-10-6-2-1-3-7-10/h1-3,6-7,11H,4-5,8-9H2,(H,14,15). The summed E-state index contributed by atoms with van der Waals surface area (Å²) in [6, 6.07) is 7.70. The van der Waals surface area contributed by atoms with Crippen LogP contribution in [0.3, 0.4) is 0 Å². The van der Waals surface area contributed by atoms with Gasteiger partial charge in [-0.25, -0.2) is 4.79 Å². The Morgan fingerprint density at radius 1 is 1.33 bits per heavy atom. The SMILES string of the molecule is O=C(O)C(CCCCOc1ccccc1)[N+](=O)[O-]. The van der Waals surface area contributed by atoms with E-state index in [-0.39, 0.29) is 6.42 Å². The summed E-state index contributed by atoms with van der Waals surface area (Å²) in [6.45, 7) is 0.425. The summed E-state index contributed by atoms with van der Waals surface area (Å²) in [5, 5.41) is 19.0. The van der Waals surface area contributed by atoms with E-state index in [0.29, 0.717) is 19.4 Å². The number of ether oxygens (including phenoxy) is 1. The second-order valence-corrected chi connectivity index (χ2v) is 3.80. The van der Waals surface area contributed by atoms with Gasteiger partial charge in [-0.1, -0.05) is 18.2 Å². The Bertz CT molecular complexity index is 379. The van der Waals surface area contributed by atoms with E-state index in [2.05, 4.69) is 0 Å². The van der Waals surface area contributed by atoms with E-state index in [0.717, 1.165) is 5.75 Å². The highest BCUT2D eigenvalue weighted by Crippen LogP contribution is 2.10. The van der Waals surface area contributed by atoms with Crippen LogP contribution in [-0.4, -0.2) is 28.6 Å². The molecule has 0 fully saturated rings. The zero-order valence-corrected chi connectivity index (χ0v) is 9.82. The quantitative estimate of drug-likeness (QED) is 0.434. The first-order valence-corrected chi connectivity index (χ1v) is 5.65. The number of benzene rings is 1. The number of hydrogen-bond acceptors (Lipinski definition) is 4. The van der Waals surface area contributed by atoms with Crippen molar-refractivity contribution in [2.24, 2.45) is 0 Å². The van der Waals surface area contributed by atoms with Crippen molar-refractivity contribution >= 4 is 5.97 Å².